The first kappa shape index (κ1) is 15.1. The van der Waals surface area contributed by atoms with Gasteiger partial charge >= 0.3 is 0 Å². The molecule has 2 rings (SSSR count). The second kappa shape index (κ2) is 6.01. The largest absolute Gasteiger partial charge is 0.294 e. The highest BCUT2D eigenvalue weighted by molar-refractivity contribution is 7.88. The Morgan fingerprint density at radius 1 is 1.35 bits per heavy atom. The van der Waals surface area contributed by atoms with E-state index in [-0.39, 0.29) is 17.5 Å². The Labute approximate surface area is 118 Å². The molecule has 1 fully saturated rings. The maximum absolute atomic E-state index is 12.8. The molecule has 110 valence electrons. The van der Waals surface area contributed by atoms with Crippen molar-refractivity contribution in [3.63, 3.8) is 0 Å². The van der Waals surface area contributed by atoms with Gasteiger partial charge < -0.3 is 0 Å². The van der Waals surface area contributed by atoms with Crippen molar-refractivity contribution >= 4 is 15.8 Å². The van der Waals surface area contributed by atoms with Gasteiger partial charge in [-0.15, -0.1) is 0 Å². The molecule has 0 saturated carbocycles. The first-order chi connectivity index (χ1) is 9.36. The Morgan fingerprint density at radius 2 is 2.00 bits per heavy atom. The number of Topliss-reactive ketones (excluding diaryl/α,β-unsaturated/α-hetero) is 1. The van der Waals surface area contributed by atoms with Crippen LogP contribution in [0.5, 0.6) is 0 Å². The summed E-state index contributed by atoms with van der Waals surface area (Å²) in [7, 11) is -3.19. The molecule has 1 aliphatic heterocycles. The molecule has 1 unspecified atom stereocenters. The molecule has 0 radical (unpaired) electrons. The third-order valence-electron chi connectivity index (χ3n) is 3.59. The lowest BCUT2D eigenvalue weighted by Crippen LogP contribution is -2.39. The topological polar surface area (TPSA) is 54.5 Å². The van der Waals surface area contributed by atoms with Crippen molar-refractivity contribution in [2.24, 2.45) is 5.92 Å². The quantitative estimate of drug-likeness (QED) is 0.800. The Kier molecular flexibility index (Phi) is 4.55. The minimum atomic E-state index is -3.19. The smallest absolute Gasteiger partial charge is 0.211 e. The van der Waals surface area contributed by atoms with E-state index < -0.39 is 10.0 Å². The van der Waals surface area contributed by atoms with Gasteiger partial charge in [0, 0.05) is 25.1 Å². The zero-order valence-electron chi connectivity index (χ0n) is 11.4. The second-order valence-corrected chi connectivity index (χ2v) is 7.25. The van der Waals surface area contributed by atoms with E-state index in [1.165, 1.54) is 34.8 Å². The molecule has 0 amide bonds. The summed E-state index contributed by atoms with van der Waals surface area (Å²) in [5.41, 5.74) is 0.475. The third-order valence-corrected chi connectivity index (χ3v) is 4.86. The average molecular weight is 299 g/mol. The van der Waals surface area contributed by atoms with Crippen LogP contribution in [0.15, 0.2) is 24.3 Å². The van der Waals surface area contributed by atoms with Gasteiger partial charge in [0.1, 0.15) is 5.82 Å². The van der Waals surface area contributed by atoms with Crippen molar-refractivity contribution in [2.45, 2.75) is 19.3 Å². The summed E-state index contributed by atoms with van der Waals surface area (Å²) in [6.07, 6.45) is 3.11. The molecule has 1 aromatic carbocycles. The predicted molar refractivity (Wildman–Crippen MR) is 74.5 cm³/mol. The lowest BCUT2D eigenvalue weighted by atomic mass is 9.92. The predicted octanol–water partition coefficient (Wildman–Crippen LogP) is 2.07. The van der Waals surface area contributed by atoms with Gasteiger partial charge in [0.25, 0.3) is 0 Å². The van der Waals surface area contributed by atoms with Crippen LogP contribution in [0.2, 0.25) is 0 Å². The Bertz CT molecular complexity index is 583. The third kappa shape index (κ3) is 3.86. The van der Waals surface area contributed by atoms with Crippen LogP contribution in [-0.2, 0) is 10.0 Å². The lowest BCUT2D eigenvalue weighted by molar-refractivity contribution is 0.0942. The number of carbonyl (C=O) groups is 1. The second-order valence-electron chi connectivity index (χ2n) is 5.26. The summed E-state index contributed by atoms with van der Waals surface area (Å²) >= 11 is 0. The van der Waals surface area contributed by atoms with E-state index in [0.717, 1.165) is 12.8 Å². The van der Waals surface area contributed by atoms with Crippen molar-refractivity contribution < 1.29 is 17.6 Å². The fourth-order valence-corrected chi connectivity index (χ4v) is 3.45. The summed E-state index contributed by atoms with van der Waals surface area (Å²) in [5.74, 6) is -0.399. The van der Waals surface area contributed by atoms with Crippen LogP contribution in [0.1, 0.15) is 29.6 Å². The maximum atomic E-state index is 12.8. The van der Waals surface area contributed by atoms with Crippen molar-refractivity contribution in [1.82, 2.24) is 4.31 Å². The Balaban J connectivity index is 1.99. The number of carbonyl (C=O) groups excluding carboxylic acids is 1. The Morgan fingerprint density at radius 3 is 2.60 bits per heavy atom. The summed E-state index contributed by atoms with van der Waals surface area (Å²) in [5, 5.41) is 0. The molecule has 1 aliphatic rings. The molecule has 20 heavy (non-hydrogen) atoms. The monoisotopic (exact) mass is 299 g/mol. The maximum Gasteiger partial charge on any atom is 0.211 e. The number of benzene rings is 1. The number of piperidine rings is 1. The molecule has 0 spiro atoms. The summed E-state index contributed by atoms with van der Waals surface area (Å²) in [4.78, 5) is 12.1. The normalized spacial score (nSPS) is 20.8. The van der Waals surface area contributed by atoms with Crippen LogP contribution in [-0.4, -0.2) is 37.9 Å². The van der Waals surface area contributed by atoms with Gasteiger partial charge in [0.2, 0.25) is 10.0 Å². The first-order valence-electron chi connectivity index (χ1n) is 6.60. The van der Waals surface area contributed by atoms with Crippen molar-refractivity contribution in [2.75, 3.05) is 19.3 Å². The SMILES string of the molecule is CS(=O)(=O)N1CCCC(CC(=O)c2ccc(F)cc2)C1. The number of halogens is 1. The highest BCUT2D eigenvalue weighted by Gasteiger charge is 2.27. The number of nitrogens with zero attached hydrogens (tertiary/aromatic N) is 1. The standard InChI is InChI=1S/C14H18FNO3S/c1-20(18,19)16-8-2-3-11(10-16)9-14(17)12-4-6-13(15)7-5-12/h4-7,11H,2-3,8-10H2,1H3. The van der Waals surface area contributed by atoms with E-state index in [4.69, 9.17) is 0 Å². The van der Waals surface area contributed by atoms with Crippen LogP contribution in [0.4, 0.5) is 4.39 Å². The molecule has 0 aromatic heterocycles. The number of sulfonamides is 1. The Hall–Kier alpha value is -1.27. The molecular formula is C14H18FNO3S. The minimum absolute atomic E-state index is 0.0380. The summed E-state index contributed by atoms with van der Waals surface area (Å²) < 4.78 is 37.3. The van der Waals surface area contributed by atoms with E-state index in [1.807, 2.05) is 0 Å². The summed E-state index contributed by atoms with van der Waals surface area (Å²) in [6, 6.07) is 5.46. The molecule has 1 atom stereocenters. The molecule has 4 nitrogen and oxygen atoms in total. The highest BCUT2D eigenvalue weighted by Crippen LogP contribution is 2.23. The van der Waals surface area contributed by atoms with E-state index >= 15 is 0 Å². The van der Waals surface area contributed by atoms with Gasteiger partial charge in [-0.1, -0.05) is 0 Å². The highest BCUT2D eigenvalue weighted by atomic mass is 32.2. The average Bonchev–Trinajstić information content (AvgIpc) is 2.38. The van der Waals surface area contributed by atoms with Gasteiger partial charge in [0.05, 0.1) is 6.26 Å². The van der Waals surface area contributed by atoms with Gasteiger partial charge in [-0.25, -0.2) is 17.1 Å². The number of ketones is 1. The van der Waals surface area contributed by atoms with Crippen molar-refractivity contribution in [3.8, 4) is 0 Å². The molecule has 6 heteroatoms. The molecule has 0 aliphatic carbocycles. The molecule has 0 bridgehead atoms. The number of hydrogen-bond donors (Lipinski definition) is 0. The summed E-state index contributed by atoms with van der Waals surface area (Å²) in [6.45, 7) is 0.922. The lowest BCUT2D eigenvalue weighted by Gasteiger charge is -2.30. The minimum Gasteiger partial charge on any atom is -0.294 e. The fourth-order valence-electron chi connectivity index (χ4n) is 2.51. The first-order valence-corrected chi connectivity index (χ1v) is 8.45. The molecule has 1 heterocycles. The van der Waals surface area contributed by atoms with Crippen molar-refractivity contribution in [3.05, 3.63) is 35.6 Å². The molecular weight excluding hydrogens is 281 g/mol. The van der Waals surface area contributed by atoms with Crippen LogP contribution in [0.3, 0.4) is 0 Å². The molecule has 1 saturated heterocycles. The van der Waals surface area contributed by atoms with Crippen LogP contribution >= 0.6 is 0 Å². The fraction of sp³-hybridized carbons (Fsp3) is 0.500. The van der Waals surface area contributed by atoms with Crippen LogP contribution in [0, 0.1) is 11.7 Å². The van der Waals surface area contributed by atoms with E-state index in [1.54, 1.807) is 0 Å². The van der Waals surface area contributed by atoms with Gasteiger partial charge in [-0.2, -0.15) is 0 Å². The van der Waals surface area contributed by atoms with Gasteiger partial charge in [0.15, 0.2) is 5.78 Å². The number of hydrogen-bond acceptors (Lipinski definition) is 3. The van der Waals surface area contributed by atoms with Crippen LogP contribution in [0.25, 0.3) is 0 Å². The van der Waals surface area contributed by atoms with E-state index in [0.29, 0.717) is 25.1 Å². The van der Waals surface area contributed by atoms with E-state index in [2.05, 4.69) is 0 Å². The zero-order valence-corrected chi connectivity index (χ0v) is 12.2. The van der Waals surface area contributed by atoms with Crippen molar-refractivity contribution in [1.29, 1.82) is 0 Å². The van der Waals surface area contributed by atoms with Gasteiger partial charge in [-0.3, -0.25) is 4.79 Å². The molecule has 0 N–H and O–H groups in total. The van der Waals surface area contributed by atoms with E-state index in [9.17, 15) is 17.6 Å². The van der Waals surface area contributed by atoms with Crippen LogP contribution < -0.4 is 0 Å². The van der Waals surface area contributed by atoms with Gasteiger partial charge in [-0.05, 0) is 43.0 Å². The zero-order chi connectivity index (χ0) is 14.8. The number of rotatable bonds is 4. The molecule has 1 aromatic rings.